The quantitative estimate of drug-likeness (QED) is 0.397. The highest BCUT2D eigenvalue weighted by Gasteiger charge is 2.17. The molecular formula is C26H24N2O4S. The standard InChI is InChI=1S/C26H24N2O4S/c1-28-23(17-10-12-20(30-2)13-11-17)24(18-8-6-5-7-9-18)33-26(28)27-25(29)19-14-21(31-3)16-22(15-19)32-4/h5-16H,1-4H3. The summed E-state index contributed by atoms with van der Waals surface area (Å²) < 4.78 is 17.8. The van der Waals surface area contributed by atoms with Gasteiger partial charge in [0.2, 0.25) is 0 Å². The van der Waals surface area contributed by atoms with Gasteiger partial charge in [-0.1, -0.05) is 41.7 Å². The van der Waals surface area contributed by atoms with E-state index in [1.807, 2.05) is 54.1 Å². The molecule has 0 spiro atoms. The van der Waals surface area contributed by atoms with Crippen LogP contribution in [0.25, 0.3) is 21.7 Å². The number of carbonyl (C=O) groups excluding carboxylic acids is 1. The normalized spacial score (nSPS) is 11.3. The van der Waals surface area contributed by atoms with Gasteiger partial charge < -0.3 is 18.8 Å². The van der Waals surface area contributed by atoms with Crippen LogP contribution in [0.1, 0.15) is 10.4 Å². The highest BCUT2D eigenvalue weighted by atomic mass is 32.1. The maximum atomic E-state index is 13.1. The number of hydrogen-bond donors (Lipinski definition) is 0. The molecule has 0 aliphatic heterocycles. The number of nitrogens with zero attached hydrogens (tertiary/aromatic N) is 2. The maximum Gasteiger partial charge on any atom is 0.279 e. The van der Waals surface area contributed by atoms with Crippen molar-refractivity contribution in [2.45, 2.75) is 0 Å². The molecule has 1 heterocycles. The second-order valence-electron chi connectivity index (χ2n) is 7.23. The first-order valence-corrected chi connectivity index (χ1v) is 11.1. The lowest BCUT2D eigenvalue weighted by Gasteiger charge is -2.08. The van der Waals surface area contributed by atoms with E-state index in [9.17, 15) is 4.79 Å². The first-order valence-electron chi connectivity index (χ1n) is 10.3. The van der Waals surface area contributed by atoms with Crippen LogP contribution in [-0.2, 0) is 7.05 Å². The maximum absolute atomic E-state index is 13.1. The molecule has 3 aromatic carbocycles. The van der Waals surface area contributed by atoms with Crippen LogP contribution in [0.15, 0.2) is 77.8 Å². The van der Waals surface area contributed by atoms with E-state index in [1.165, 1.54) is 11.3 Å². The lowest BCUT2D eigenvalue weighted by Crippen LogP contribution is -2.14. The Balaban J connectivity index is 1.86. The van der Waals surface area contributed by atoms with Gasteiger partial charge >= 0.3 is 0 Å². The van der Waals surface area contributed by atoms with Crippen molar-refractivity contribution < 1.29 is 19.0 Å². The molecular weight excluding hydrogens is 436 g/mol. The van der Waals surface area contributed by atoms with Gasteiger partial charge in [-0.25, -0.2) is 0 Å². The summed E-state index contributed by atoms with van der Waals surface area (Å²) in [7, 11) is 6.66. The van der Waals surface area contributed by atoms with E-state index >= 15 is 0 Å². The van der Waals surface area contributed by atoms with Crippen LogP contribution >= 0.6 is 11.3 Å². The average Bonchev–Trinajstić information content (AvgIpc) is 3.19. The van der Waals surface area contributed by atoms with Crippen LogP contribution in [-0.4, -0.2) is 31.8 Å². The summed E-state index contributed by atoms with van der Waals surface area (Å²) in [5.41, 5.74) is 3.43. The van der Waals surface area contributed by atoms with Gasteiger partial charge in [0, 0.05) is 18.7 Å². The Bertz CT molecular complexity index is 1320. The zero-order valence-electron chi connectivity index (χ0n) is 18.9. The topological polar surface area (TPSA) is 62.1 Å². The van der Waals surface area contributed by atoms with Gasteiger partial charge in [-0.3, -0.25) is 4.79 Å². The summed E-state index contributed by atoms with van der Waals surface area (Å²) in [4.78, 5) is 19.1. The summed E-state index contributed by atoms with van der Waals surface area (Å²) in [6.07, 6.45) is 0. The Kier molecular flexibility index (Phi) is 6.60. The Morgan fingerprint density at radius 1 is 0.788 bits per heavy atom. The fraction of sp³-hybridized carbons (Fsp3) is 0.154. The van der Waals surface area contributed by atoms with Gasteiger partial charge in [-0.2, -0.15) is 4.99 Å². The van der Waals surface area contributed by atoms with E-state index < -0.39 is 0 Å². The van der Waals surface area contributed by atoms with E-state index in [0.29, 0.717) is 21.9 Å². The van der Waals surface area contributed by atoms with Crippen LogP contribution in [0.5, 0.6) is 17.2 Å². The fourth-order valence-corrected chi connectivity index (χ4v) is 4.64. The third-order valence-corrected chi connectivity index (χ3v) is 6.41. The van der Waals surface area contributed by atoms with Crippen molar-refractivity contribution >= 4 is 17.2 Å². The van der Waals surface area contributed by atoms with Gasteiger partial charge in [0.15, 0.2) is 4.80 Å². The zero-order valence-corrected chi connectivity index (χ0v) is 19.7. The van der Waals surface area contributed by atoms with Crippen molar-refractivity contribution in [3.05, 3.63) is 83.2 Å². The lowest BCUT2D eigenvalue weighted by molar-refractivity contribution is 0.0997. The van der Waals surface area contributed by atoms with Crippen molar-refractivity contribution in [2.24, 2.45) is 12.0 Å². The summed E-state index contributed by atoms with van der Waals surface area (Å²) in [5.74, 6) is 1.48. The van der Waals surface area contributed by atoms with Crippen molar-refractivity contribution in [3.8, 4) is 38.9 Å². The van der Waals surface area contributed by atoms with Crippen molar-refractivity contribution in [1.29, 1.82) is 0 Å². The molecule has 4 rings (SSSR count). The van der Waals surface area contributed by atoms with E-state index in [0.717, 1.165) is 27.4 Å². The number of amides is 1. The van der Waals surface area contributed by atoms with Crippen molar-refractivity contribution in [3.63, 3.8) is 0 Å². The third kappa shape index (κ3) is 4.68. The fourth-order valence-electron chi connectivity index (χ4n) is 3.50. The van der Waals surface area contributed by atoms with E-state index in [-0.39, 0.29) is 5.91 Å². The number of benzene rings is 3. The molecule has 7 heteroatoms. The molecule has 1 aromatic heterocycles. The molecule has 0 N–H and O–H groups in total. The minimum absolute atomic E-state index is 0.370. The number of ether oxygens (including phenoxy) is 3. The number of thiazole rings is 1. The summed E-state index contributed by atoms with van der Waals surface area (Å²) >= 11 is 1.47. The smallest absolute Gasteiger partial charge is 0.279 e. The summed E-state index contributed by atoms with van der Waals surface area (Å²) in [6, 6.07) is 23.0. The molecule has 0 saturated heterocycles. The predicted octanol–water partition coefficient (Wildman–Crippen LogP) is 5.19. The minimum atomic E-state index is -0.370. The summed E-state index contributed by atoms with van der Waals surface area (Å²) in [6.45, 7) is 0. The molecule has 0 bridgehead atoms. The molecule has 168 valence electrons. The Labute approximate surface area is 196 Å². The molecule has 0 radical (unpaired) electrons. The molecule has 33 heavy (non-hydrogen) atoms. The van der Waals surface area contributed by atoms with Crippen molar-refractivity contribution in [2.75, 3.05) is 21.3 Å². The third-order valence-electron chi connectivity index (χ3n) is 5.23. The second kappa shape index (κ2) is 9.75. The number of methoxy groups -OCH3 is 3. The molecule has 0 saturated carbocycles. The zero-order chi connectivity index (χ0) is 23.4. The van der Waals surface area contributed by atoms with Gasteiger partial charge in [0.1, 0.15) is 17.2 Å². The minimum Gasteiger partial charge on any atom is -0.497 e. The van der Waals surface area contributed by atoms with Crippen LogP contribution in [0.4, 0.5) is 0 Å². The molecule has 1 amide bonds. The Morgan fingerprint density at radius 3 is 1.97 bits per heavy atom. The van der Waals surface area contributed by atoms with Gasteiger partial charge in [-0.15, -0.1) is 0 Å². The highest BCUT2D eigenvalue weighted by Crippen LogP contribution is 2.35. The van der Waals surface area contributed by atoms with E-state index in [4.69, 9.17) is 14.2 Å². The average molecular weight is 461 g/mol. The van der Waals surface area contributed by atoms with Crippen LogP contribution < -0.4 is 19.0 Å². The van der Waals surface area contributed by atoms with Gasteiger partial charge in [-0.05, 0) is 47.5 Å². The summed E-state index contributed by atoms with van der Waals surface area (Å²) in [5, 5.41) is 0. The SMILES string of the molecule is COc1ccc(-c2c(-c3ccccc3)sc(=NC(=O)c3cc(OC)cc(OC)c3)n2C)cc1. The van der Waals surface area contributed by atoms with Gasteiger partial charge in [0.05, 0.1) is 31.9 Å². The Hall–Kier alpha value is -3.84. The number of hydrogen-bond acceptors (Lipinski definition) is 5. The van der Waals surface area contributed by atoms with Gasteiger partial charge in [0.25, 0.3) is 5.91 Å². The van der Waals surface area contributed by atoms with Crippen molar-refractivity contribution in [1.82, 2.24) is 4.57 Å². The number of carbonyl (C=O) groups is 1. The number of rotatable bonds is 6. The highest BCUT2D eigenvalue weighted by molar-refractivity contribution is 7.13. The second-order valence-corrected chi connectivity index (χ2v) is 8.21. The molecule has 0 atom stereocenters. The lowest BCUT2D eigenvalue weighted by atomic mass is 10.1. The molecule has 4 aromatic rings. The molecule has 0 aliphatic carbocycles. The predicted molar refractivity (Wildman–Crippen MR) is 130 cm³/mol. The number of aromatic nitrogens is 1. The van der Waals surface area contributed by atoms with Crippen LogP contribution in [0.2, 0.25) is 0 Å². The Morgan fingerprint density at radius 2 is 1.39 bits per heavy atom. The van der Waals surface area contributed by atoms with E-state index in [1.54, 1.807) is 39.5 Å². The molecule has 0 aliphatic rings. The monoisotopic (exact) mass is 460 g/mol. The molecule has 6 nitrogen and oxygen atoms in total. The largest absolute Gasteiger partial charge is 0.497 e. The van der Waals surface area contributed by atoms with Crippen LogP contribution in [0.3, 0.4) is 0 Å². The van der Waals surface area contributed by atoms with Crippen LogP contribution in [0, 0.1) is 0 Å². The molecule has 0 fully saturated rings. The first-order chi connectivity index (χ1) is 16.0. The van der Waals surface area contributed by atoms with E-state index in [2.05, 4.69) is 17.1 Å². The molecule has 0 unspecified atom stereocenters. The first kappa shape index (κ1) is 22.4.